The van der Waals surface area contributed by atoms with Gasteiger partial charge in [0.05, 0.1) is 11.3 Å². The Morgan fingerprint density at radius 3 is 2.35 bits per heavy atom. The van der Waals surface area contributed by atoms with Gasteiger partial charge >= 0.3 is 145 Å². The van der Waals surface area contributed by atoms with Crippen molar-refractivity contribution in [1.82, 2.24) is 4.98 Å². The predicted molar refractivity (Wildman–Crippen MR) is 217 cm³/mol. The summed E-state index contributed by atoms with van der Waals surface area (Å²) in [7, 11) is 0. The Hall–Kier alpha value is -4.09. The van der Waals surface area contributed by atoms with Gasteiger partial charge in [0.1, 0.15) is 5.58 Å². The molecule has 0 N–H and O–H groups in total. The molecule has 0 fully saturated rings. The summed E-state index contributed by atoms with van der Waals surface area (Å²) in [5.41, 5.74) is 9.05. The number of aromatic nitrogens is 1. The average molecular weight is 925 g/mol. The number of fused-ring (bicyclic) bond motifs is 4. The van der Waals surface area contributed by atoms with Gasteiger partial charge in [0.2, 0.25) is 0 Å². The third kappa shape index (κ3) is 8.26. The fourth-order valence-corrected chi connectivity index (χ4v) is 9.62. The van der Waals surface area contributed by atoms with Gasteiger partial charge in [0.15, 0.2) is 0 Å². The second-order valence-corrected chi connectivity index (χ2v) is 25.8. The molecule has 7 aromatic rings. The Labute approximate surface area is 332 Å². The second-order valence-electron chi connectivity index (χ2n) is 15.2. The molecule has 0 aliphatic carbocycles. The van der Waals surface area contributed by atoms with Gasteiger partial charge in [-0.25, -0.2) is 0 Å². The zero-order valence-corrected chi connectivity index (χ0v) is 35.0. The third-order valence-electron chi connectivity index (χ3n) is 9.07. The Morgan fingerprint density at radius 1 is 0.865 bits per heavy atom. The Bertz CT molecular complexity index is 2550. The quantitative estimate of drug-likeness (QED) is 0.123. The molecular weight excluding hydrogens is 873 g/mol. The molecule has 265 valence electrons. The zero-order chi connectivity index (χ0) is 40.0. The van der Waals surface area contributed by atoms with Crippen molar-refractivity contribution in [3.8, 4) is 11.3 Å². The number of hydrogen-bond acceptors (Lipinski definition) is 3. The summed E-state index contributed by atoms with van der Waals surface area (Å²) in [4.78, 5) is 9.62. The number of pyridine rings is 1. The fraction of sp³-hybridized carbons (Fsp3) is 0.234. The van der Waals surface area contributed by atoms with Crippen LogP contribution in [0.1, 0.15) is 61.4 Å². The minimum atomic E-state index is -2.36. The maximum atomic E-state index is 8.80. The van der Waals surface area contributed by atoms with Crippen molar-refractivity contribution in [3.05, 3.63) is 161 Å². The van der Waals surface area contributed by atoms with Gasteiger partial charge in [-0.15, -0.1) is 18.2 Å². The monoisotopic (exact) mass is 926 g/mol. The average Bonchev–Trinajstić information content (AvgIpc) is 3.73. The van der Waals surface area contributed by atoms with Gasteiger partial charge in [0, 0.05) is 25.5 Å². The van der Waals surface area contributed by atoms with Gasteiger partial charge in [0.25, 0.3) is 0 Å². The first-order valence-corrected chi connectivity index (χ1v) is 24.8. The van der Waals surface area contributed by atoms with Crippen molar-refractivity contribution in [2.24, 2.45) is 10.4 Å². The normalized spacial score (nSPS) is 15.9. The van der Waals surface area contributed by atoms with Crippen LogP contribution in [0.4, 0.5) is 5.69 Å². The minimum absolute atomic E-state index is 0. The second kappa shape index (κ2) is 15.5. The standard InChI is InChI=1S/C27H18NO.C20H28GeN.Ir/c1-2-9-18(10-3-1)17-23-19-11-4-6-15-24(19)28-26(23)22-14-8-13-21-20-12-5-7-16-25(20)29-27(21)22;1-15-8-10-16(11-9-15)19-12-17(13-20(2,3)4)18(14-22-19)21(5,6)7;/h1-13,15-16,23H,17H2;8-10,12,14H,13H2,1-7H3;/q2*-1;/i;1D3,13D2;. The molecule has 0 spiro atoms. The van der Waals surface area contributed by atoms with E-state index in [0.717, 1.165) is 49.7 Å². The Kier molecular flexibility index (Phi) is 9.36. The van der Waals surface area contributed by atoms with E-state index < -0.39 is 31.9 Å². The zero-order valence-electron chi connectivity index (χ0n) is 35.5. The van der Waals surface area contributed by atoms with Crippen LogP contribution in [0, 0.1) is 24.4 Å². The van der Waals surface area contributed by atoms with Gasteiger partial charge in [-0.05, 0) is 41.3 Å². The van der Waals surface area contributed by atoms with Crippen molar-refractivity contribution in [2.75, 3.05) is 0 Å². The van der Waals surface area contributed by atoms with Crippen LogP contribution in [-0.2, 0) is 32.9 Å². The maximum absolute atomic E-state index is 8.80. The summed E-state index contributed by atoms with van der Waals surface area (Å²) >= 11 is -2.36. The fourth-order valence-electron chi connectivity index (χ4n) is 6.70. The van der Waals surface area contributed by atoms with E-state index in [0.29, 0.717) is 16.8 Å². The largest absolute Gasteiger partial charge is 0.501 e. The molecule has 8 rings (SSSR count). The van der Waals surface area contributed by atoms with E-state index in [-0.39, 0.29) is 31.6 Å². The van der Waals surface area contributed by atoms with Gasteiger partial charge < -0.3 is 9.41 Å². The van der Waals surface area contributed by atoms with Crippen LogP contribution >= 0.6 is 0 Å². The topological polar surface area (TPSA) is 38.4 Å². The van der Waals surface area contributed by atoms with Crippen molar-refractivity contribution >= 4 is 51.0 Å². The molecule has 2 aromatic heterocycles. The SMILES string of the molecule is [2H]C([2H])([2H])c1c[c-]c(-c2cc(C([2H])([2H])C(C)(C)C)[c]([Ge]([CH3])([CH3])[CH3])cn2)cc1.[Ir].[c-]1ccc2c(oc3ccccc32)c1C1=Nc2ccccc2C1Cc1ccccc1. The van der Waals surface area contributed by atoms with Gasteiger partial charge in [-0.2, -0.15) is 0 Å². The molecule has 1 aliphatic rings. The Balaban J connectivity index is 0.000000190. The summed E-state index contributed by atoms with van der Waals surface area (Å²) in [6.07, 6.45) is 1.21. The van der Waals surface area contributed by atoms with Crippen LogP contribution in [0.3, 0.4) is 0 Å². The molecular formula is C47H46GeIrN2O-2. The molecule has 0 saturated heterocycles. The molecule has 1 radical (unpaired) electrons. The van der Waals surface area contributed by atoms with E-state index in [2.05, 4.69) is 107 Å². The van der Waals surface area contributed by atoms with E-state index >= 15 is 0 Å². The smallest absolute Gasteiger partial charge is 0.120 e. The Morgan fingerprint density at radius 2 is 1.62 bits per heavy atom. The summed E-state index contributed by atoms with van der Waals surface area (Å²) in [6.45, 7) is 3.55. The number of benzene rings is 5. The molecule has 5 aromatic carbocycles. The molecule has 0 bridgehead atoms. The van der Waals surface area contributed by atoms with Crippen molar-refractivity contribution in [3.63, 3.8) is 0 Å². The van der Waals surface area contributed by atoms with E-state index in [1.165, 1.54) is 17.2 Å². The number of nitrogens with zero attached hydrogens (tertiary/aromatic N) is 2. The van der Waals surface area contributed by atoms with E-state index in [9.17, 15) is 0 Å². The first kappa shape index (κ1) is 31.4. The maximum Gasteiger partial charge on any atom is 0.120 e. The number of para-hydroxylation sites is 2. The van der Waals surface area contributed by atoms with E-state index in [4.69, 9.17) is 16.3 Å². The van der Waals surface area contributed by atoms with Crippen molar-refractivity contribution in [1.29, 1.82) is 0 Å². The number of rotatable bonds is 6. The molecule has 3 nitrogen and oxygen atoms in total. The van der Waals surface area contributed by atoms with Gasteiger partial charge in [-0.3, -0.25) is 0 Å². The first-order valence-electron chi connectivity index (χ1n) is 20.0. The van der Waals surface area contributed by atoms with Crippen LogP contribution < -0.4 is 4.40 Å². The summed E-state index contributed by atoms with van der Waals surface area (Å²) in [6, 6.07) is 44.3. The van der Waals surface area contributed by atoms with Crippen LogP contribution in [0.2, 0.25) is 17.3 Å². The van der Waals surface area contributed by atoms with Crippen molar-refractivity contribution < 1.29 is 31.4 Å². The van der Waals surface area contributed by atoms with Gasteiger partial charge in [-0.1, -0.05) is 77.7 Å². The number of aryl methyl sites for hydroxylation is 1. The molecule has 0 amide bonds. The molecule has 5 heteroatoms. The predicted octanol–water partition coefficient (Wildman–Crippen LogP) is 11.8. The number of hydrogen-bond donors (Lipinski definition) is 0. The van der Waals surface area contributed by atoms with Crippen LogP contribution in [-0.4, -0.2) is 24.0 Å². The first-order chi connectivity index (χ1) is 26.4. The number of aliphatic imine (C=N–C) groups is 1. The molecule has 52 heavy (non-hydrogen) atoms. The summed E-state index contributed by atoms with van der Waals surface area (Å²) in [5, 5.41) is 2.25. The minimum Gasteiger partial charge on any atom is -0.501 e. The summed E-state index contributed by atoms with van der Waals surface area (Å²) in [5.74, 6) is 6.88. The van der Waals surface area contributed by atoms with Crippen molar-refractivity contribution in [2.45, 2.75) is 63.6 Å². The van der Waals surface area contributed by atoms with E-state index in [1.807, 2.05) is 51.2 Å². The van der Waals surface area contributed by atoms with Crippen LogP contribution in [0.15, 0.2) is 131 Å². The van der Waals surface area contributed by atoms with Crippen LogP contribution in [0.25, 0.3) is 33.2 Å². The molecule has 1 unspecified atom stereocenters. The summed E-state index contributed by atoms with van der Waals surface area (Å²) < 4.78 is 47.4. The number of furan rings is 1. The molecule has 1 aliphatic heterocycles. The molecule has 1 atom stereocenters. The third-order valence-corrected chi connectivity index (χ3v) is 13.3. The molecule has 0 saturated carbocycles. The van der Waals surface area contributed by atoms with Crippen LogP contribution in [0.5, 0.6) is 0 Å². The van der Waals surface area contributed by atoms with E-state index in [1.54, 1.807) is 12.1 Å². The molecule has 3 heterocycles.